The molecule has 1 fully saturated rings. The molecule has 2 aromatic heterocycles. The Bertz CT molecular complexity index is 1230. The van der Waals surface area contributed by atoms with Gasteiger partial charge in [-0.3, -0.25) is 9.78 Å². The number of fused-ring (bicyclic) bond motifs is 4. The summed E-state index contributed by atoms with van der Waals surface area (Å²) >= 11 is 0. The van der Waals surface area contributed by atoms with Crippen molar-refractivity contribution in [3.63, 3.8) is 0 Å². The number of carbonyl (C=O) groups is 1. The van der Waals surface area contributed by atoms with Crippen molar-refractivity contribution < 1.29 is 27.4 Å². The van der Waals surface area contributed by atoms with Crippen molar-refractivity contribution >= 4 is 5.91 Å². The zero-order valence-corrected chi connectivity index (χ0v) is 17.8. The summed E-state index contributed by atoms with van der Waals surface area (Å²) in [4.78, 5) is 19.4. The van der Waals surface area contributed by atoms with E-state index in [2.05, 4.69) is 15.2 Å². The molecule has 3 aromatic rings. The van der Waals surface area contributed by atoms with Gasteiger partial charge in [0.2, 0.25) is 0 Å². The number of ether oxygens (including phenoxy) is 2. The number of carbonyl (C=O) groups excluding carboxylic acids is 1. The molecule has 172 valence electrons. The minimum absolute atomic E-state index is 0.0179. The quantitative estimate of drug-likeness (QED) is 0.598. The molecule has 2 unspecified atom stereocenters. The standard InChI is InChI=1S/C22H20F3N5O3/c1-12-15(4-3-5-16(12)22(23,24)25)21(31)30-13-9-29-19(17-8-14(32-2)6-7-26-17)27-28-20(29)18(30)11-33-10-13/h3-8,13,18H,9-11H2,1-2H3. The summed E-state index contributed by atoms with van der Waals surface area (Å²) < 4.78 is 53.0. The number of benzene rings is 1. The highest BCUT2D eigenvalue weighted by molar-refractivity contribution is 5.96. The number of amides is 1. The molecular formula is C22H20F3N5O3. The van der Waals surface area contributed by atoms with E-state index in [1.165, 1.54) is 19.1 Å². The zero-order chi connectivity index (χ0) is 23.3. The van der Waals surface area contributed by atoms with Crippen LogP contribution in [0.5, 0.6) is 5.75 Å². The van der Waals surface area contributed by atoms with Crippen molar-refractivity contribution in [2.45, 2.75) is 31.7 Å². The van der Waals surface area contributed by atoms with Gasteiger partial charge >= 0.3 is 6.18 Å². The molecule has 2 bridgehead atoms. The van der Waals surface area contributed by atoms with E-state index < -0.39 is 29.7 Å². The largest absolute Gasteiger partial charge is 0.497 e. The Balaban J connectivity index is 1.54. The molecule has 0 N–H and O–H groups in total. The van der Waals surface area contributed by atoms with Crippen LogP contribution >= 0.6 is 0 Å². The van der Waals surface area contributed by atoms with Crippen molar-refractivity contribution in [2.75, 3.05) is 20.3 Å². The highest BCUT2D eigenvalue weighted by Crippen LogP contribution is 2.38. The van der Waals surface area contributed by atoms with E-state index in [1.54, 1.807) is 30.3 Å². The van der Waals surface area contributed by atoms with Gasteiger partial charge in [0.1, 0.15) is 17.5 Å². The van der Waals surface area contributed by atoms with Crippen LogP contribution in [0.2, 0.25) is 0 Å². The van der Waals surface area contributed by atoms with E-state index in [-0.39, 0.29) is 24.3 Å². The molecule has 2 aliphatic heterocycles. The highest BCUT2D eigenvalue weighted by Gasteiger charge is 2.45. The summed E-state index contributed by atoms with van der Waals surface area (Å²) in [5, 5.41) is 8.58. The molecule has 0 radical (unpaired) electrons. The summed E-state index contributed by atoms with van der Waals surface area (Å²) in [7, 11) is 1.55. The van der Waals surface area contributed by atoms with Crippen LogP contribution in [0.1, 0.15) is 33.4 Å². The number of nitrogens with zero attached hydrogens (tertiary/aromatic N) is 5. The summed E-state index contributed by atoms with van der Waals surface area (Å²) in [6.07, 6.45) is -2.94. The number of pyridine rings is 1. The van der Waals surface area contributed by atoms with E-state index >= 15 is 0 Å². The lowest BCUT2D eigenvalue weighted by Crippen LogP contribution is -2.56. The van der Waals surface area contributed by atoms with Crippen molar-refractivity contribution in [3.05, 3.63) is 59.0 Å². The second-order valence-corrected chi connectivity index (χ2v) is 7.97. The monoisotopic (exact) mass is 459 g/mol. The Kier molecular flexibility index (Phi) is 5.08. The lowest BCUT2D eigenvalue weighted by atomic mass is 9.97. The fourth-order valence-electron chi connectivity index (χ4n) is 4.49. The number of hydrogen-bond donors (Lipinski definition) is 0. The molecule has 1 saturated heterocycles. The molecule has 11 heteroatoms. The first-order valence-electron chi connectivity index (χ1n) is 10.3. The lowest BCUT2D eigenvalue weighted by Gasteiger charge is -2.45. The number of hydrogen-bond acceptors (Lipinski definition) is 6. The van der Waals surface area contributed by atoms with Gasteiger partial charge in [0.25, 0.3) is 5.91 Å². The summed E-state index contributed by atoms with van der Waals surface area (Å²) in [5.74, 6) is 1.17. The minimum Gasteiger partial charge on any atom is -0.497 e. The molecule has 1 amide bonds. The lowest BCUT2D eigenvalue weighted by molar-refractivity contribution is -0.138. The number of aromatic nitrogens is 4. The fraction of sp³-hybridized carbons (Fsp3) is 0.364. The Labute approximate surface area is 187 Å². The van der Waals surface area contributed by atoms with Crippen LogP contribution < -0.4 is 4.74 Å². The van der Waals surface area contributed by atoms with Crippen LogP contribution in [0.4, 0.5) is 13.2 Å². The Morgan fingerprint density at radius 3 is 2.79 bits per heavy atom. The molecule has 0 saturated carbocycles. The molecular weight excluding hydrogens is 439 g/mol. The van der Waals surface area contributed by atoms with Gasteiger partial charge in [-0.15, -0.1) is 10.2 Å². The summed E-state index contributed by atoms with van der Waals surface area (Å²) in [6.45, 7) is 2.07. The van der Waals surface area contributed by atoms with Gasteiger partial charge in [-0.2, -0.15) is 13.2 Å². The first-order chi connectivity index (χ1) is 15.8. The van der Waals surface area contributed by atoms with E-state index in [1.807, 2.05) is 4.57 Å². The maximum Gasteiger partial charge on any atom is 0.416 e. The van der Waals surface area contributed by atoms with Gasteiger partial charge in [0.05, 0.1) is 31.9 Å². The minimum atomic E-state index is -4.54. The summed E-state index contributed by atoms with van der Waals surface area (Å²) in [5.41, 5.74) is -0.325. The molecule has 0 aliphatic carbocycles. The van der Waals surface area contributed by atoms with Crippen LogP contribution in [0, 0.1) is 6.92 Å². The zero-order valence-electron chi connectivity index (χ0n) is 17.8. The van der Waals surface area contributed by atoms with Crippen molar-refractivity contribution in [3.8, 4) is 17.3 Å². The second kappa shape index (κ2) is 7.84. The molecule has 0 spiro atoms. The first-order valence-corrected chi connectivity index (χ1v) is 10.3. The average molecular weight is 459 g/mol. The molecule has 2 aliphatic rings. The Hall–Kier alpha value is -3.47. The van der Waals surface area contributed by atoms with E-state index in [0.29, 0.717) is 29.6 Å². The topological polar surface area (TPSA) is 82.4 Å². The van der Waals surface area contributed by atoms with Crippen molar-refractivity contribution in [1.29, 1.82) is 0 Å². The van der Waals surface area contributed by atoms with Crippen LogP contribution in [-0.4, -0.2) is 56.9 Å². The van der Waals surface area contributed by atoms with Crippen molar-refractivity contribution in [2.24, 2.45) is 0 Å². The van der Waals surface area contributed by atoms with Gasteiger partial charge in [0, 0.05) is 24.4 Å². The molecule has 1 aromatic carbocycles. The third kappa shape index (κ3) is 3.52. The normalized spacial score (nSPS) is 19.8. The van der Waals surface area contributed by atoms with Gasteiger partial charge < -0.3 is 18.9 Å². The molecule has 4 heterocycles. The van der Waals surface area contributed by atoms with Gasteiger partial charge in [0.15, 0.2) is 11.6 Å². The van der Waals surface area contributed by atoms with E-state index in [4.69, 9.17) is 9.47 Å². The van der Waals surface area contributed by atoms with Crippen LogP contribution in [0.15, 0.2) is 36.5 Å². The number of rotatable bonds is 3. The van der Waals surface area contributed by atoms with Crippen molar-refractivity contribution in [1.82, 2.24) is 24.6 Å². The van der Waals surface area contributed by atoms with Gasteiger partial charge in [-0.25, -0.2) is 0 Å². The number of alkyl halides is 3. The Morgan fingerprint density at radius 1 is 1.21 bits per heavy atom. The summed E-state index contributed by atoms with van der Waals surface area (Å²) in [6, 6.07) is 6.16. The maximum absolute atomic E-state index is 13.5. The first kappa shape index (κ1) is 21.4. The fourth-order valence-corrected chi connectivity index (χ4v) is 4.49. The van der Waals surface area contributed by atoms with Crippen LogP contribution in [-0.2, 0) is 17.5 Å². The van der Waals surface area contributed by atoms with Crippen LogP contribution in [0.25, 0.3) is 11.5 Å². The van der Waals surface area contributed by atoms with Crippen LogP contribution in [0.3, 0.4) is 0 Å². The number of methoxy groups -OCH3 is 1. The maximum atomic E-state index is 13.5. The third-order valence-electron chi connectivity index (χ3n) is 6.09. The third-order valence-corrected chi connectivity index (χ3v) is 6.09. The average Bonchev–Trinajstić information content (AvgIpc) is 3.21. The highest BCUT2D eigenvalue weighted by atomic mass is 19.4. The molecule has 5 rings (SSSR count). The smallest absolute Gasteiger partial charge is 0.416 e. The Morgan fingerprint density at radius 2 is 2.03 bits per heavy atom. The number of morpholine rings is 1. The van der Waals surface area contributed by atoms with E-state index in [9.17, 15) is 18.0 Å². The second-order valence-electron chi connectivity index (χ2n) is 7.97. The molecule has 2 atom stereocenters. The van der Waals surface area contributed by atoms with Gasteiger partial charge in [-0.05, 0) is 30.7 Å². The molecule has 33 heavy (non-hydrogen) atoms. The predicted molar refractivity (Wildman–Crippen MR) is 110 cm³/mol. The predicted octanol–water partition coefficient (Wildman–Crippen LogP) is 3.27. The number of halogens is 3. The van der Waals surface area contributed by atoms with Gasteiger partial charge in [-0.1, -0.05) is 6.07 Å². The SMILES string of the molecule is COc1ccnc(-c2nnc3n2CC2COCC3N2C(=O)c2cccc(C(F)(F)F)c2C)c1. The molecule has 8 nitrogen and oxygen atoms in total. The van der Waals surface area contributed by atoms with E-state index in [0.717, 1.165) is 6.07 Å².